The molecule has 2 atom stereocenters. The van der Waals surface area contributed by atoms with Gasteiger partial charge in [0.25, 0.3) is 5.60 Å². The Morgan fingerprint density at radius 2 is 2.32 bits per heavy atom. The van der Waals surface area contributed by atoms with E-state index in [1.165, 1.54) is 0 Å². The van der Waals surface area contributed by atoms with Crippen LogP contribution in [0.4, 0.5) is 0 Å². The molecule has 0 radical (unpaired) electrons. The van der Waals surface area contributed by atoms with Gasteiger partial charge in [-0.1, -0.05) is 12.1 Å². The molecule has 0 amide bonds. The lowest BCUT2D eigenvalue weighted by molar-refractivity contribution is -0.147. The van der Waals surface area contributed by atoms with E-state index in [2.05, 4.69) is 4.98 Å². The Kier molecular flexibility index (Phi) is 3.43. The maximum atomic E-state index is 12.0. The molecule has 1 saturated heterocycles. The Hall–Kier alpha value is -2.65. The summed E-state index contributed by atoms with van der Waals surface area (Å²) in [7, 11) is 1.56. The molecule has 6 nitrogen and oxygen atoms in total. The summed E-state index contributed by atoms with van der Waals surface area (Å²) in [6.45, 7) is 1.89. The molecule has 3 rings (SSSR count). The lowest BCUT2D eigenvalue weighted by atomic mass is 9.97. The predicted octanol–water partition coefficient (Wildman–Crippen LogP) is 2.14. The summed E-state index contributed by atoms with van der Waals surface area (Å²) >= 11 is 0. The highest BCUT2D eigenvalue weighted by Gasteiger charge is 2.66. The van der Waals surface area contributed by atoms with Crippen LogP contribution in [0.15, 0.2) is 30.5 Å². The lowest BCUT2D eigenvalue weighted by Crippen LogP contribution is -2.26. The molecule has 0 bridgehead atoms. The number of hydrogen-bond donors (Lipinski definition) is 0. The number of methoxy groups -OCH3 is 1. The van der Waals surface area contributed by atoms with Crippen molar-refractivity contribution in [1.29, 1.82) is 5.26 Å². The molecule has 22 heavy (non-hydrogen) atoms. The van der Waals surface area contributed by atoms with Gasteiger partial charge in [0.15, 0.2) is 0 Å². The number of benzene rings is 1. The molecule has 2 unspecified atom stereocenters. The molecule has 0 aliphatic carbocycles. The van der Waals surface area contributed by atoms with E-state index in [9.17, 15) is 10.1 Å². The van der Waals surface area contributed by atoms with Gasteiger partial charge in [-0.25, -0.2) is 4.79 Å². The first-order chi connectivity index (χ1) is 10.7. The smallest absolute Gasteiger partial charge is 0.356 e. The molecule has 0 spiro atoms. The highest BCUT2D eigenvalue weighted by molar-refractivity contribution is 5.92. The van der Waals surface area contributed by atoms with Crippen LogP contribution in [0, 0.1) is 11.3 Å². The van der Waals surface area contributed by atoms with Crippen LogP contribution in [-0.4, -0.2) is 30.3 Å². The first kappa shape index (κ1) is 14.3. The fraction of sp³-hybridized carbons (Fsp3) is 0.312. The van der Waals surface area contributed by atoms with E-state index < -0.39 is 17.7 Å². The number of carbonyl (C=O) groups is 1. The summed E-state index contributed by atoms with van der Waals surface area (Å²) in [5.41, 5.74) is -0.180. The number of aromatic nitrogens is 1. The second-order valence-electron chi connectivity index (χ2n) is 4.82. The van der Waals surface area contributed by atoms with Crippen molar-refractivity contribution in [3.05, 3.63) is 36.0 Å². The number of nitrogens with zero attached hydrogens (tertiary/aromatic N) is 2. The molecule has 1 aromatic heterocycles. The average molecular weight is 298 g/mol. The predicted molar refractivity (Wildman–Crippen MR) is 77.1 cm³/mol. The van der Waals surface area contributed by atoms with E-state index in [1.807, 2.05) is 12.1 Å². The third-order valence-corrected chi connectivity index (χ3v) is 3.63. The zero-order chi connectivity index (χ0) is 15.7. The second kappa shape index (κ2) is 5.28. The van der Waals surface area contributed by atoms with Gasteiger partial charge in [-0.2, -0.15) is 5.26 Å². The van der Waals surface area contributed by atoms with Crippen molar-refractivity contribution in [3.63, 3.8) is 0 Å². The first-order valence-electron chi connectivity index (χ1n) is 6.86. The Labute approximate surface area is 127 Å². The Morgan fingerprint density at radius 1 is 1.50 bits per heavy atom. The maximum Gasteiger partial charge on any atom is 0.356 e. The topological polar surface area (TPSA) is 84.7 Å². The third-order valence-electron chi connectivity index (χ3n) is 3.63. The van der Waals surface area contributed by atoms with Crippen LogP contribution >= 0.6 is 0 Å². The van der Waals surface area contributed by atoms with Crippen LogP contribution in [0.3, 0.4) is 0 Å². The first-order valence-corrected chi connectivity index (χ1v) is 6.86. The highest BCUT2D eigenvalue weighted by Crippen LogP contribution is 2.52. The fourth-order valence-corrected chi connectivity index (χ4v) is 2.52. The van der Waals surface area contributed by atoms with Crippen molar-refractivity contribution < 1.29 is 19.0 Å². The van der Waals surface area contributed by atoms with Gasteiger partial charge in [-0.3, -0.25) is 4.98 Å². The van der Waals surface area contributed by atoms with Gasteiger partial charge < -0.3 is 14.2 Å². The van der Waals surface area contributed by atoms with Crippen LogP contribution in [0.1, 0.15) is 18.6 Å². The summed E-state index contributed by atoms with van der Waals surface area (Å²) < 4.78 is 15.7. The van der Waals surface area contributed by atoms with E-state index in [0.717, 1.165) is 10.9 Å². The molecule has 1 aliphatic heterocycles. The van der Waals surface area contributed by atoms with Crippen molar-refractivity contribution in [1.82, 2.24) is 4.98 Å². The van der Waals surface area contributed by atoms with E-state index in [1.54, 1.807) is 38.4 Å². The minimum Gasteiger partial charge on any atom is -0.494 e. The minimum absolute atomic E-state index is 0.198. The maximum absolute atomic E-state index is 12.0. The van der Waals surface area contributed by atoms with E-state index in [-0.39, 0.29) is 6.61 Å². The van der Waals surface area contributed by atoms with Gasteiger partial charge in [0, 0.05) is 11.6 Å². The normalized spacial score (nSPS) is 22.9. The van der Waals surface area contributed by atoms with Crippen molar-refractivity contribution in [2.75, 3.05) is 13.7 Å². The Balaban J connectivity index is 2.06. The number of epoxide rings is 1. The number of carbonyl (C=O) groups excluding carboxylic acids is 1. The van der Waals surface area contributed by atoms with Gasteiger partial charge >= 0.3 is 5.97 Å². The molecular weight excluding hydrogens is 284 g/mol. The summed E-state index contributed by atoms with van der Waals surface area (Å²) in [6.07, 6.45) is 1.000. The van der Waals surface area contributed by atoms with Gasteiger partial charge in [-0.15, -0.1) is 0 Å². The summed E-state index contributed by atoms with van der Waals surface area (Å²) in [4.78, 5) is 16.3. The largest absolute Gasteiger partial charge is 0.494 e. The van der Waals surface area contributed by atoms with Gasteiger partial charge in [0.2, 0.25) is 0 Å². The van der Waals surface area contributed by atoms with Crippen molar-refractivity contribution >= 4 is 16.9 Å². The molecule has 6 heteroatoms. The highest BCUT2D eigenvalue weighted by atomic mass is 16.7. The number of ether oxygens (including phenoxy) is 3. The molecule has 0 N–H and O–H groups in total. The summed E-state index contributed by atoms with van der Waals surface area (Å²) in [5.74, 6) is -0.0333. The zero-order valence-corrected chi connectivity index (χ0v) is 12.2. The molecule has 2 aromatic rings. The van der Waals surface area contributed by atoms with Crippen LogP contribution in [0.5, 0.6) is 5.75 Å². The number of esters is 1. The molecular formula is C16H14N2O4. The summed E-state index contributed by atoms with van der Waals surface area (Å²) in [5, 5.41) is 10.1. The van der Waals surface area contributed by atoms with E-state index in [0.29, 0.717) is 11.3 Å². The fourth-order valence-electron chi connectivity index (χ4n) is 2.52. The Morgan fingerprint density at radius 3 is 3.00 bits per heavy atom. The zero-order valence-electron chi connectivity index (χ0n) is 12.2. The monoisotopic (exact) mass is 298 g/mol. The third kappa shape index (κ3) is 1.98. The molecule has 2 heterocycles. The van der Waals surface area contributed by atoms with Gasteiger partial charge in [-0.05, 0) is 24.6 Å². The van der Waals surface area contributed by atoms with Crippen LogP contribution in [0.2, 0.25) is 0 Å². The Bertz CT molecular complexity index is 783. The average Bonchev–Trinajstić information content (AvgIpc) is 3.30. The number of pyridine rings is 1. The van der Waals surface area contributed by atoms with Crippen LogP contribution in [-0.2, 0) is 14.3 Å². The number of nitriles is 1. The molecule has 1 aromatic carbocycles. The second-order valence-corrected chi connectivity index (χ2v) is 4.82. The van der Waals surface area contributed by atoms with Crippen LogP contribution in [0.25, 0.3) is 10.9 Å². The molecule has 0 saturated carbocycles. The van der Waals surface area contributed by atoms with Crippen LogP contribution < -0.4 is 4.74 Å². The molecule has 1 aliphatic rings. The van der Waals surface area contributed by atoms with Crippen molar-refractivity contribution in [3.8, 4) is 11.8 Å². The quantitative estimate of drug-likeness (QED) is 0.635. The SMILES string of the molecule is CCOC(=O)C1(C#N)OC1c1ccc(OC)c2ncccc12. The lowest BCUT2D eigenvalue weighted by Gasteiger charge is -2.09. The van der Waals surface area contributed by atoms with Gasteiger partial charge in [0.05, 0.1) is 13.7 Å². The van der Waals surface area contributed by atoms with E-state index >= 15 is 0 Å². The number of fused-ring (bicyclic) bond motifs is 1. The van der Waals surface area contributed by atoms with Gasteiger partial charge in [0.1, 0.15) is 23.4 Å². The van der Waals surface area contributed by atoms with E-state index in [4.69, 9.17) is 14.2 Å². The standard InChI is InChI=1S/C16H14N2O4/c1-3-21-15(19)16(9-17)14(22-16)11-6-7-12(20-2)13-10(11)5-4-8-18-13/h4-8,14H,3H2,1-2H3. The minimum atomic E-state index is -1.56. The van der Waals surface area contributed by atoms with Crippen molar-refractivity contribution in [2.45, 2.75) is 18.6 Å². The number of hydrogen-bond acceptors (Lipinski definition) is 6. The molecule has 1 fully saturated rings. The van der Waals surface area contributed by atoms with Crippen molar-refractivity contribution in [2.24, 2.45) is 0 Å². The molecule has 112 valence electrons. The summed E-state index contributed by atoms with van der Waals surface area (Å²) in [6, 6.07) is 9.10. The number of rotatable bonds is 4.